The van der Waals surface area contributed by atoms with Gasteiger partial charge in [-0.2, -0.15) is 0 Å². The fraction of sp³-hybridized carbons (Fsp3) is 0.938. The van der Waals surface area contributed by atoms with Crippen molar-refractivity contribution in [1.82, 2.24) is 10.2 Å². The van der Waals surface area contributed by atoms with Crippen molar-refractivity contribution in [1.29, 1.82) is 0 Å². The smallest absolute Gasteiger partial charge is 0.236 e. The predicted octanol–water partition coefficient (Wildman–Crippen LogP) is 2.56. The largest absolute Gasteiger partial charge is 0.338 e. The third-order valence-corrected chi connectivity index (χ3v) is 4.89. The lowest BCUT2D eigenvalue weighted by Gasteiger charge is -2.30. The lowest BCUT2D eigenvalue weighted by Crippen LogP contribution is -2.42. The van der Waals surface area contributed by atoms with E-state index in [1.807, 2.05) is 0 Å². The molecule has 0 unspecified atom stereocenters. The monoisotopic (exact) mass is 264 g/mol. The molecule has 0 aromatic rings. The van der Waals surface area contributed by atoms with Crippen molar-refractivity contribution in [3.8, 4) is 0 Å². The van der Waals surface area contributed by atoms with Gasteiger partial charge in [0.1, 0.15) is 0 Å². The number of rotatable bonds is 7. The maximum Gasteiger partial charge on any atom is 0.236 e. The van der Waals surface area contributed by atoms with E-state index in [9.17, 15) is 4.79 Å². The van der Waals surface area contributed by atoms with Gasteiger partial charge in [-0.1, -0.05) is 19.3 Å². The van der Waals surface area contributed by atoms with Crippen molar-refractivity contribution in [2.24, 2.45) is 11.8 Å². The molecule has 1 amide bonds. The maximum absolute atomic E-state index is 12.4. The second-order valence-corrected chi connectivity index (χ2v) is 6.86. The molecule has 0 atom stereocenters. The van der Waals surface area contributed by atoms with Crippen LogP contribution in [0, 0.1) is 11.8 Å². The first-order valence-electron chi connectivity index (χ1n) is 8.33. The van der Waals surface area contributed by atoms with Gasteiger partial charge >= 0.3 is 0 Å². The van der Waals surface area contributed by atoms with Crippen LogP contribution in [0.4, 0.5) is 0 Å². The highest BCUT2D eigenvalue weighted by molar-refractivity contribution is 5.79. The van der Waals surface area contributed by atoms with Gasteiger partial charge in [0.2, 0.25) is 5.91 Å². The SMILES string of the molecule is O=C(CNCC1CC1)N(CC1CCCCC1)C1CC1. The van der Waals surface area contributed by atoms with E-state index >= 15 is 0 Å². The highest BCUT2D eigenvalue weighted by Gasteiger charge is 2.34. The topological polar surface area (TPSA) is 32.3 Å². The second-order valence-electron chi connectivity index (χ2n) is 6.86. The summed E-state index contributed by atoms with van der Waals surface area (Å²) in [5, 5.41) is 3.36. The van der Waals surface area contributed by atoms with Crippen molar-refractivity contribution in [3.63, 3.8) is 0 Å². The van der Waals surface area contributed by atoms with Gasteiger partial charge in [-0.25, -0.2) is 0 Å². The molecule has 0 aromatic heterocycles. The predicted molar refractivity (Wildman–Crippen MR) is 76.9 cm³/mol. The minimum atomic E-state index is 0.355. The second kappa shape index (κ2) is 6.25. The third-order valence-electron chi connectivity index (χ3n) is 4.89. The van der Waals surface area contributed by atoms with Crippen LogP contribution >= 0.6 is 0 Å². The fourth-order valence-electron chi connectivity index (χ4n) is 3.30. The summed E-state index contributed by atoms with van der Waals surface area (Å²) in [6.45, 7) is 2.65. The van der Waals surface area contributed by atoms with Gasteiger partial charge in [0.25, 0.3) is 0 Å². The molecule has 3 fully saturated rings. The summed E-state index contributed by atoms with van der Waals surface area (Å²) in [5.41, 5.74) is 0. The number of amides is 1. The summed E-state index contributed by atoms with van der Waals surface area (Å²) in [6.07, 6.45) is 12.0. The van der Waals surface area contributed by atoms with Crippen LogP contribution in [-0.2, 0) is 4.79 Å². The van der Waals surface area contributed by atoms with Gasteiger partial charge in [0.15, 0.2) is 0 Å². The van der Waals surface area contributed by atoms with Crippen LogP contribution in [0.3, 0.4) is 0 Å². The van der Waals surface area contributed by atoms with Crippen LogP contribution in [0.1, 0.15) is 57.8 Å². The highest BCUT2D eigenvalue weighted by Crippen LogP contribution is 2.31. The summed E-state index contributed by atoms with van der Waals surface area (Å²) in [5.74, 6) is 2.00. The highest BCUT2D eigenvalue weighted by atomic mass is 16.2. The van der Waals surface area contributed by atoms with Gasteiger partial charge in [0.05, 0.1) is 6.54 Å². The minimum absolute atomic E-state index is 0.355. The number of hydrogen-bond acceptors (Lipinski definition) is 2. The van der Waals surface area contributed by atoms with Gasteiger partial charge in [-0.3, -0.25) is 4.79 Å². The number of carbonyl (C=O) groups excluding carboxylic acids is 1. The van der Waals surface area contributed by atoms with Gasteiger partial charge in [0, 0.05) is 12.6 Å². The molecule has 0 aromatic carbocycles. The number of hydrogen-bond donors (Lipinski definition) is 1. The molecule has 3 nitrogen and oxygen atoms in total. The minimum Gasteiger partial charge on any atom is -0.338 e. The molecular formula is C16H28N2O. The molecule has 3 aliphatic rings. The van der Waals surface area contributed by atoms with E-state index in [1.54, 1.807) is 0 Å². The van der Waals surface area contributed by atoms with Gasteiger partial charge in [-0.05, 0) is 56.9 Å². The Labute approximate surface area is 117 Å². The number of nitrogens with zero attached hydrogens (tertiary/aromatic N) is 1. The average Bonchev–Trinajstić information content (AvgIpc) is 3.29. The first kappa shape index (κ1) is 13.4. The molecule has 3 rings (SSSR count). The Bertz CT molecular complexity index is 304. The van der Waals surface area contributed by atoms with Crippen molar-refractivity contribution in [3.05, 3.63) is 0 Å². The lowest BCUT2D eigenvalue weighted by molar-refractivity contribution is -0.131. The Hall–Kier alpha value is -0.570. The molecule has 0 saturated heterocycles. The van der Waals surface area contributed by atoms with Crippen molar-refractivity contribution >= 4 is 5.91 Å². The van der Waals surface area contributed by atoms with E-state index in [2.05, 4.69) is 10.2 Å². The van der Waals surface area contributed by atoms with E-state index in [4.69, 9.17) is 0 Å². The molecular weight excluding hydrogens is 236 g/mol. The molecule has 1 N–H and O–H groups in total. The van der Waals surface area contributed by atoms with E-state index in [0.29, 0.717) is 18.5 Å². The van der Waals surface area contributed by atoms with E-state index in [-0.39, 0.29) is 0 Å². The van der Waals surface area contributed by atoms with Crippen LogP contribution in [0.25, 0.3) is 0 Å². The molecule has 3 saturated carbocycles. The van der Waals surface area contributed by atoms with Crippen LogP contribution in [0.15, 0.2) is 0 Å². The summed E-state index contributed by atoms with van der Waals surface area (Å²) in [6, 6.07) is 0.581. The van der Waals surface area contributed by atoms with Crippen LogP contribution in [0.5, 0.6) is 0 Å². The zero-order valence-corrected chi connectivity index (χ0v) is 12.1. The van der Waals surface area contributed by atoms with Crippen LogP contribution < -0.4 is 5.32 Å². The molecule has 3 aliphatic carbocycles. The van der Waals surface area contributed by atoms with Crippen molar-refractivity contribution < 1.29 is 4.79 Å². The number of nitrogens with one attached hydrogen (secondary N) is 1. The van der Waals surface area contributed by atoms with Gasteiger partial charge in [-0.15, -0.1) is 0 Å². The third kappa shape index (κ3) is 4.20. The average molecular weight is 264 g/mol. The molecule has 0 radical (unpaired) electrons. The zero-order valence-electron chi connectivity index (χ0n) is 12.1. The number of carbonyl (C=O) groups is 1. The summed E-state index contributed by atoms with van der Waals surface area (Å²) in [7, 11) is 0. The quantitative estimate of drug-likeness (QED) is 0.766. The van der Waals surface area contributed by atoms with Crippen LogP contribution in [-0.4, -0.2) is 36.5 Å². The summed E-state index contributed by atoms with van der Waals surface area (Å²) < 4.78 is 0. The van der Waals surface area contributed by atoms with E-state index in [1.165, 1.54) is 57.8 Å². The van der Waals surface area contributed by atoms with E-state index in [0.717, 1.165) is 24.9 Å². The molecule has 3 heteroatoms. The Morgan fingerprint density at radius 3 is 2.32 bits per heavy atom. The molecule has 108 valence electrons. The van der Waals surface area contributed by atoms with Gasteiger partial charge < -0.3 is 10.2 Å². The molecule has 0 aliphatic heterocycles. The fourth-order valence-corrected chi connectivity index (χ4v) is 3.30. The molecule has 0 spiro atoms. The standard InChI is InChI=1S/C16H28N2O/c19-16(11-17-10-13-6-7-13)18(15-8-9-15)12-14-4-2-1-3-5-14/h13-15,17H,1-12H2. The lowest BCUT2D eigenvalue weighted by atomic mass is 9.89. The Balaban J connectivity index is 1.43. The maximum atomic E-state index is 12.4. The molecule has 0 bridgehead atoms. The molecule has 0 heterocycles. The first-order valence-corrected chi connectivity index (χ1v) is 8.33. The Morgan fingerprint density at radius 1 is 0.947 bits per heavy atom. The Kier molecular flexibility index (Phi) is 4.42. The zero-order chi connectivity index (χ0) is 13.1. The first-order chi connectivity index (χ1) is 9.33. The van der Waals surface area contributed by atoms with E-state index < -0.39 is 0 Å². The summed E-state index contributed by atoms with van der Waals surface area (Å²) in [4.78, 5) is 14.6. The molecule has 19 heavy (non-hydrogen) atoms. The normalized spacial score (nSPS) is 24.4. The van der Waals surface area contributed by atoms with Crippen LogP contribution in [0.2, 0.25) is 0 Å². The van der Waals surface area contributed by atoms with Crippen molar-refractivity contribution in [2.75, 3.05) is 19.6 Å². The summed E-state index contributed by atoms with van der Waals surface area (Å²) >= 11 is 0. The van der Waals surface area contributed by atoms with Crippen molar-refractivity contribution in [2.45, 2.75) is 63.8 Å². The Morgan fingerprint density at radius 2 is 1.68 bits per heavy atom.